The molecule has 134 valence electrons. The average molecular weight is 324 g/mol. The van der Waals surface area contributed by atoms with E-state index in [2.05, 4.69) is 30.5 Å². The molecule has 0 radical (unpaired) electrons. The Morgan fingerprint density at radius 2 is 1.26 bits per heavy atom. The van der Waals surface area contributed by atoms with E-state index in [4.69, 9.17) is 5.11 Å². The SMILES string of the molecule is CCCCCCC=CCCCCCCCC=CCNCC(=O)O. The van der Waals surface area contributed by atoms with Crippen LogP contribution in [0.3, 0.4) is 0 Å². The zero-order chi connectivity index (χ0) is 17.0. The monoisotopic (exact) mass is 323 g/mol. The summed E-state index contributed by atoms with van der Waals surface area (Å²) in [4.78, 5) is 10.3. The fourth-order valence-corrected chi connectivity index (χ4v) is 2.44. The van der Waals surface area contributed by atoms with Crippen molar-refractivity contribution in [2.75, 3.05) is 13.1 Å². The van der Waals surface area contributed by atoms with Crippen LogP contribution in [-0.4, -0.2) is 24.2 Å². The minimum absolute atomic E-state index is 0.0392. The quantitative estimate of drug-likeness (QED) is 0.275. The summed E-state index contributed by atoms with van der Waals surface area (Å²) in [5, 5.41) is 11.3. The van der Waals surface area contributed by atoms with Crippen molar-refractivity contribution in [3.8, 4) is 0 Å². The molecular formula is C20H37NO2. The highest BCUT2D eigenvalue weighted by Crippen LogP contribution is 2.09. The third-order valence-electron chi connectivity index (χ3n) is 3.84. The van der Waals surface area contributed by atoms with Gasteiger partial charge >= 0.3 is 5.97 Å². The Balaban J connectivity index is 3.14. The Bertz CT molecular complexity index is 311. The number of hydrogen-bond donors (Lipinski definition) is 2. The van der Waals surface area contributed by atoms with Crippen LogP contribution < -0.4 is 5.32 Å². The molecule has 3 nitrogen and oxygen atoms in total. The number of hydrogen-bond acceptors (Lipinski definition) is 2. The molecule has 0 aliphatic carbocycles. The zero-order valence-electron chi connectivity index (χ0n) is 15.1. The van der Waals surface area contributed by atoms with Gasteiger partial charge in [-0.15, -0.1) is 0 Å². The molecular weight excluding hydrogens is 286 g/mol. The maximum atomic E-state index is 10.3. The Labute approximate surface area is 143 Å². The Hall–Kier alpha value is -1.09. The molecule has 3 heteroatoms. The molecule has 0 aromatic heterocycles. The lowest BCUT2D eigenvalue weighted by Crippen LogP contribution is -2.22. The lowest BCUT2D eigenvalue weighted by molar-refractivity contribution is -0.135. The number of nitrogens with one attached hydrogen (secondary N) is 1. The first-order valence-corrected chi connectivity index (χ1v) is 9.50. The van der Waals surface area contributed by atoms with Crippen molar-refractivity contribution < 1.29 is 9.90 Å². The fraction of sp³-hybridized carbons (Fsp3) is 0.750. The van der Waals surface area contributed by atoms with E-state index in [0.29, 0.717) is 6.54 Å². The number of carboxylic acids is 1. The normalized spacial score (nSPS) is 11.7. The van der Waals surface area contributed by atoms with E-state index in [0.717, 1.165) is 6.42 Å². The molecule has 0 spiro atoms. The summed E-state index contributed by atoms with van der Waals surface area (Å²) in [5.74, 6) is -0.801. The maximum absolute atomic E-state index is 10.3. The first-order valence-electron chi connectivity index (χ1n) is 9.50. The lowest BCUT2D eigenvalue weighted by Gasteiger charge is -1.99. The van der Waals surface area contributed by atoms with Crippen molar-refractivity contribution in [2.45, 2.75) is 84.0 Å². The van der Waals surface area contributed by atoms with E-state index in [9.17, 15) is 4.79 Å². The van der Waals surface area contributed by atoms with Crippen LogP contribution in [0.15, 0.2) is 24.3 Å². The van der Waals surface area contributed by atoms with Gasteiger partial charge in [0.2, 0.25) is 0 Å². The smallest absolute Gasteiger partial charge is 0.317 e. The molecule has 2 N–H and O–H groups in total. The molecule has 0 aromatic rings. The molecule has 0 heterocycles. The predicted molar refractivity (Wildman–Crippen MR) is 99.9 cm³/mol. The minimum atomic E-state index is -0.801. The van der Waals surface area contributed by atoms with Gasteiger partial charge in [0.1, 0.15) is 0 Å². The molecule has 0 saturated carbocycles. The Kier molecular flexibility index (Phi) is 18.1. The topological polar surface area (TPSA) is 49.3 Å². The van der Waals surface area contributed by atoms with Gasteiger partial charge in [0.15, 0.2) is 0 Å². The van der Waals surface area contributed by atoms with Gasteiger partial charge in [0.25, 0.3) is 0 Å². The van der Waals surface area contributed by atoms with Crippen molar-refractivity contribution in [1.82, 2.24) is 5.32 Å². The fourth-order valence-electron chi connectivity index (χ4n) is 2.44. The number of carboxylic acid groups (broad SMARTS) is 1. The number of rotatable bonds is 17. The van der Waals surface area contributed by atoms with Gasteiger partial charge in [-0.05, 0) is 38.5 Å². The molecule has 0 aromatic carbocycles. The zero-order valence-corrected chi connectivity index (χ0v) is 15.1. The third-order valence-corrected chi connectivity index (χ3v) is 3.84. The summed E-state index contributed by atoms with van der Waals surface area (Å²) < 4.78 is 0. The van der Waals surface area contributed by atoms with Crippen LogP contribution in [0.4, 0.5) is 0 Å². The second-order valence-electron chi connectivity index (χ2n) is 6.16. The van der Waals surface area contributed by atoms with Crippen molar-refractivity contribution >= 4 is 5.97 Å². The number of aliphatic carboxylic acids is 1. The number of unbranched alkanes of at least 4 members (excludes halogenated alkanes) is 10. The predicted octanol–water partition coefficient (Wildman–Crippen LogP) is 5.47. The van der Waals surface area contributed by atoms with Crippen LogP contribution in [0.2, 0.25) is 0 Å². The highest BCUT2D eigenvalue weighted by Gasteiger charge is 1.92. The van der Waals surface area contributed by atoms with Gasteiger partial charge in [-0.1, -0.05) is 69.8 Å². The molecule has 0 rings (SSSR count). The molecule has 0 aliphatic heterocycles. The number of carbonyl (C=O) groups is 1. The third kappa shape index (κ3) is 20.9. The highest BCUT2D eigenvalue weighted by atomic mass is 16.4. The van der Waals surface area contributed by atoms with Crippen molar-refractivity contribution in [1.29, 1.82) is 0 Å². The highest BCUT2D eigenvalue weighted by molar-refractivity contribution is 5.68. The van der Waals surface area contributed by atoms with Crippen LogP contribution >= 0.6 is 0 Å². The van der Waals surface area contributed by atoms with E-state index in [-0.39, 0.29) is 6.54 Å². The van der Waals surface area contributed by atoms with Crippen LogP contribution in [0.1, 0.15) is 84.0 Å². The van der Waals surface area contributed by atoms with Crippen LogP contribution in [0.25, 0.3) is 0 Å². The van der Waals surface area contributed by atoms with Gasteiger partial charge in [-0.25, -0.2) is 0 Å². The largest absolute Gasteiger partial charge is 0.480 e. The second kappa shape index (κ2) is 19.0. The summed E-state index contributed by atoms with van der Waals surface area (Å²) in [6, 6.07) is 0. The van der Waals surface area contributed by atoms with Gasteiger partial charge in [-0.3, -0.25) is 4.79 Å². The molecule has 23 heavy (non-hydrogen) atoms. The second-order valence-corrected chi connectivity index (χ2v) is 6.16. The average Bonchev–Trinajstić information content (AvgIpc) is 2.53. The van der Waals surface area contributed by atoms with Gasteiger partial charge in [0.05, 0.1) is 6.54 Å². The molecule has 0 fully saturated rings. The summed E-state index contributed by atoms with van der Waals surface area (Å²) in [7, 11) is 0. The van der Waals surface area contributed by atoms with E-state index in [1.807, 2.05) is 6.08 Å². The molecule has 0 atom stereocenters. The molecule has 0 amide bonds. The van der Waals surface area contributed by atoms with Gasteiger partial charge < -0.3 is 10.4 Å². The number of allylic oxidation sites excluding steroid dienone is 3. The molecule has 0 aliphatic rings. The van der Waals surface area contributed by atoms with Crippen molar-refractivity contribution in [3.05, 3.63) is 24.3 Å². The van der Waals surface area contributed by atoms with Crippen molar-refractivity contribution in [2.24, 2.45) is 0 Å². The first kappa shape index (κ1) is 21.9. The van der Waals surface area contributed by atoms with Gasteiger partial charge in [0, 0.05) is 6.54 Å². The summed E-state index contributed by atoms with van der Waals surface area (Å²) >= 11 is 0. The van der Waals surface area contributed by atoms with Gasteiger partial charge in [-0.2, -0.15) is 0 Å². The van der Waals surface area contributed by atoms with E-state index >= 15 is 0 Å². The molecule has 0 unspecified atom stereocenters. The van der Waals surface area contributed by atoms with Crippen molar-refractivity contribution in [3.63, 3.8) is 0 Å². The van der Waals surface area contributed by atoms with Crippen LogP contribution in [0.5, 0.6) is 0 Å². The Morgan fingerprint density at radius 3 is 1.78 bits per heavy atom. The summed E-state index contributed by atoms with van der Waals surface area (Å²) in [6.45, 7) is 2.94. The maximum Gasteiger partial charge on any atom is 0.317 e. The van der Waals surface area contributed by atoms with Crippen LogP contribution in [0, 0.1) is 0 Å². The standard InChI is InChI=1S/C20H37NO2/c1-2-3-4-5-6-7-8-9-10-11-12-13-14-15-16-17-18-21-19-20(22)23/h7-8,16-17,21H,2-6,9-15,18-19H2,1H3,(H,22,23). The molecule has 0 bridgehead atoms. The van der Waals surface area contributed by atoms with Crippen LogP contribution in [-0.2, 0) is 4.79 Å². The Morgan fingerprint density at radius 1 is 0.783 bits per heavy atom. The lowest BCUT2D eigenvalue weighted by atomic mass is 10.1. The summed E-state index contributed by atoms with van der Waals surface area (Å²) in [6.07, 6.45) is 24.4. The molecule has 0 saturated heterocycles. The van der Waals surface area contributed by atoms with E-state index in [1.54, 1.807) is 0 Å². The van der Waals surface area contributed by atoms with E-state index < -0.39 is 5.97 Å². The first-order chi connectivity index (χ1) is 11.3. The van der Waals surface area contributed by atoms with E-state index in [1.165, 1.54) is 70.6 Å². The minimum Gasteiger partial charge on any atom is -0.480 e. The summed E-state index contributed by atoms with van der Waals surface area (Å²) in [5.41, 5.74) is 0.